The highest BCUT2D eigenvalue weighted by Crippen LogP contribution is 2.30. The molecule has 5 nitrogen and oxygen atoms in total. The van der Waals surface area contributed by atoms with Gasteiger partial charge in [0.15, 0.2) is 0 Å². The van der Waals surface area contributed by atoms with Gasteiger partial charge in [0.2, 0.25) is 5.91 Å². The average Bonchev–Trinajstić information content (AvgIpc) is 3.50. The van der Waals surface area contributed by atoms with Gasteiger partial charge in [-0.05, 0) is 61.2 Å². The molecule has 2 aliphatic rings. The number of hydrogen-bond acceptors (Lipinski definition) is 2. The number of anilines is 2. The molecular weight excluding hydrogens is 345 g/mol. The van der Waals surface area contributed by atoms with Crippen molar-refractivity contribution >= 4 is 23.3 Å². The summed E-state index contributed by atoms with van der Waals surface area (Å²) in [5.41, 5.74) is 2.33. The van der Waals surface area contributed by atoms with Gasteiger partial charge in [-0.25, -0.2) is 9.18 Å². The van der Waals surface area contributed by atoms with E-state index in [1.54, 1.807) is 15.9 Å². The molecule has 3 amide bonds. The monoisotopic (exact) mass is 367 g/mol. The number of benzene rings is 2. The molecule has 0 radical (unpaired) electrons. The van der Waals surface area contributed by atoms with E-state index in [1.807, 2.05) is 30.3 Å². The summed E-state index contributed by atoms with van der Waals surface area (Å²) in [5.74, 6) is -0.0690. The van der Waals surface area contributed by atoms with Crippen LogP contribution in [0.15, 0.2) is 48.5 Å². The van der Waals surface area contributed by atoms with Crippen molar-refractivity contribution in [3.05, 3.63) is 59.9 Å². The van der Waals surface area contributed by atoms with Gasteiger partial charge in [0, 0.05) is 36.9 Å². The number of halogens is 1. The Hall–Kier alpha value is -2.89. The second-order valence-corrected chi connectivity index (χ2v) is 7.15. The van der Waals surface area contributed by atoms with Gasteiger partial charge in [-0.3, -0.25) is 9.69 Å². The lowest BCUT2D eigenvalue weighted by Crippen LogP contribution is -2.49. The van der Waals surface area contributed by atoms with Crippen molar-refractivity contribution in [3.8, 4) is 0 Å². The predicted octanol–water partition coefficient (Wildman–Crippen LogP) is 4.01. The molecule has 2 fully saturated rings. The fourth-order valence-corrected chi connectivity index (χ4v) is 3.34. The normalized spacial score (nSPS) is 17.1. The first kappa shape index (κ1) is 17.5. The van der Waals surface area contributed by atoms with Crippen LogP contribution in [0.5, 0.6) is 0 Å². The van der Waals surface area contributed by atoms with Crippen molar-refractivity contribution in [2.45, 2.75) is 25.8 Å². The van der Waals surface area contributed by atoms with E-state index in [4.69, 9.17) is 0 Å². The molecule has 1 heterocycles. The lowest BCUT2D eigenvalue weighted by atomic mass is 10.1. The fraction of sp³-hybridized carbons (Fsp3) is 0.333. The number of carbonyl (C=O) groups is 2. The number of nitrogens with zero attached hydrogens (tertiary/aromatic N) is 2. The number of urea groups is 1. The van der Waals surface area contributed by atoms with Crippen LogP contribution in [0.3, 0.4) is 0 Å². The summed E-state index contributed by atoms with van der Waals surface area (Å²) in [6.07, 6.45) is 2.78. The lowest BCUT2D eigenvalue weighted by Gasteiger charge is -2.35. The number of nitrogens with one attached hydrogen (secondary N) is 1. The van der Waals surface area contributed by atoms with E-state index in [1.165, 1.54) is 12.1 Å². The third-order valence-corrected chi connectivity index (χ3v) is 4.97. The smallest absolute Gasteiger partial charge is 0.324 e. The van der Waals surface area contributed by atoms with E-state index in [-0.39, 0.29) is 23.7 Å². The van der Waals surface area contributed by atoms with Gasteiger partial charge < -0.3 is 10.2 Å². The molecule has 0 unspecified atom stereocenters. The Labute approximate surface area is 157 Å². The zero-order valence-electron chi connectivity index (χ0n) is 15.0. The Kier molecular flexibility index (Phi) is 4.79. The molecule has 1 aliphatic carbocycles. The Morgan fingerprint density at radius 3 is 2.59 bits per heavy atom. The number of amides is 3. The Morgan fingerprint density at radius 2 is 1.89 bits per heavy atom. The Morgan fingerprint density at radius 1 is 1.11 bits per heavy atom. The zero-order chi connectivity index (χ0) is 18.8. The summed E-state index contributed by atoms with van der Waals surface area (Å²) in [6, 6.07) is 13.6. The highest BCUT2D eigenvalue weighted by molar-refractivity contribution is 5.95. The van der Waals surface area contributed by atoms with Crippen LogP contribution in [0.4, 0.5) is 20.6 Å². The summed E-state index contributed by atoms with van der Waals surface area (Å²) >= 11 is 0. The summed E-state index contributed by atoms with van der Waals surface area (Å²) in [4.78, 5) is 28.2. The maximum atomic E-state index is 13.4. The van der Waals surface area contributed by atoms with Gasteiger partial charge >= 0.3 is 6.03 Å². The van der Waals surface area contributed by atoms with Crippen LogP contribution in [-0.4, -0.2) is 29.9 Å². The molecule has 140 valence electrons. The van der Waals surface area contributed by atoms with Crippen LogP contribution in [-0.2, 0) is 11.3 Å². The first-order valence-electron chi connectivity index (χ1n) is 9.32. The first-order chi connectivity index (χ1) is 13.1. The molecule has 2 aromatic rings. The second-order valence-electron chi connectivity index (χ2n) is 7.15. The minimum absolute atomic E-state index is 0.0677. The van der Waals surface area contributed by atoms with Crippen molar-refractivity contribution in [1.82, 2.24) is 4.90 Å². The van der Waals surface area contributed by atoms with Crippen LogP contribution in [0.25, 0.3) is 0 Å². The molecule has 1 aliphatic heterocycles. The first-order valence-corrected chi connectivity index (χ1v) is 9.32. The molecule has 1 N–H and O–H groups in total. The van der Waals surface area contributed by atoms with Crippen molar-refractivity contribution in [3.63, 3.8) is 0 Å². The number of carbonyl (C=O) groups excluding carboxylic acids is 2. The molecule has 27 heavy (non-hydrogen) atoms. The average molecular weight is 367 g/mol. The molecule has 0 bridgehead atoms. The molecule has 2 aromatic carbocycles. The molecule has 0 atom stereocenters. The third-order valence-electron chi connectivity index (χ3n) is 4.97. The van der Waals surface area contributed by atoms with Crippen LogP contribution in [0, 0.1) is 11.7 Å². The maximum absolute atomic E-state index is 13.4. The van der Waals surface area contributed by atoms with Gasteiger partial charge in [0.1, 0.15) is 5.82 Å². The summed E-state index contributed by atoms with van der Waals surface area (Å²) < 4.78 is 13.4. The molecule has 6 heteroatoms. The minimum Gasteiger partial charge on any atom is -0.326 e. The van der Waals surface area contributed by atoms with Gasteiger partial charge in [-0.2, -0.15) is 0 Å². The molecular formula is C21H22FN3O2. The van der Waals surface area contributed by atoms with Crippen molar-refractivity contribution in [2.24, 2.45) is 5.92 Å². The van der Waals surface area contributed by atoms with Crippen molar-refractivity contribution < 1.29 is 14.0 Å². The van der Waals surface area contributed by atoms with Crippen molar-refractivity contribution in [2.75, 3.05) is 23.3 Å². The molecule has 0 spiro atoms. The standard InChI is InChI=1S/C21H22FN3O2/c22-17-4-1-3-15(13-17)14-24-11-2-12-25(21(24)27)19-9-7-18(8-10-19)23-20(26)16-5-6-16/h1,3-4,7-10,13,16H,2,5-6,11-12,14H2,(H,23,26). The molecule has 1 saturated carbocycles. The number of rotatable bonds is 5. The van der Waals surface area contributed by atoms with E-state index in [0.29, 0.717) is 19.6 Å². The molecule has 1 saturated heterocycles. The van der Waals surface area contributed by atoms with Gasteiger partial charge in [-0.1, -0.05) is 12.1 Å². The highest BCUT2D eigenvalue weighted by atomic mass is 19.1. The van der Waals surface area contributed by atoms with Gasteiger partial charge in [0.05, 0.1) is 0 Å². The quantitative estimate of drug-likeness (QED) is 0.868. The van der Waals surface area contributed by atoms with E-state index < -0.39 is 0 Å². The van der Waals surface area contributed by atoms with Gasteiger partial charge in [-0.15, -0.1) is 0 Å². The minimum atomic E-state index is -0.294. The van der Waals surface area contributed by atoms with Crippen LogP contribution >= 0.6 is 0 Å². The van der Waals surface area contributed by atoms with Gasteiger partial charge in [0.25, 0.3) is 0 Å². The Balaban J connectivity index is 1.43. The zero-order valence-corrected chi connectivity index (χ0v) is 15.0. The highest BCUT2D eigenvalue weighted by Gasteiger charge is 2.30. The van der Waals surface area contributed by atoms with E-state index >= 15 is 0 Å². The maximum Gasteiger partial charge on any atom is 0.324 e. The fourth-order valence-electron chi connectivity index (χ4n) is 3.34. The summed E-state index contributed by atoms with van der Waals surface area (Å²) in [7, 11) is 0. The predicted molar refractivity (Wildman–Crippen MR) is 102 cm³/mol. The Bertz CT molecular complexity index is 849. The van der Waals surface area contributed by atoms with E-state index in [2.05, 4.69) is 5.32 Å². The second kappa shape index (κ2) is 7.39. The van der Waals surface area contributed by atoms with Crippen LogP contribution in [0.1, 0.15) is 24.8 Å². The SMILES string of the molecule is O=C(Nc1ccc(N2CCCN(Cc3cccc(F)c3)C2=O)cc1)C1CC1. The van der Waals surface area contributed by atoms with Crippen molar-refractivity contribution in [1.29, 1.82) is 0 Å². The summed E-state index contributed by atoms with van der Waals surface area (Å²) in [5, 5.41) is 2.90. The van der Waals surface area contributed by atoms with E-state index in [9.17, 15) is 14.0 Å². The van der Waals surface area contributed by atoms with E-state index in [0.717, 1.165) is 36.2 Å². The largest absolute Gasteiger partial charge is 0.326 e. The lowest BCUT2D eigenvalue weighted by molar-refractivity contribution is -0.117. The molecule has 4 rings (SSSR count). The van der Waals surface area contributed by atoms with Crippen LogP contribution in [0.2, 0.25) is 0 Å². The molecule has 0 aromatic heterocycles. The summed E-state index contributed by atoms with van der Waals surface area (Å²) in [6.45, 7) is 1.69. The van der Waals surface area contributed by atoms with Crippen LogP contribution < -0.4 is 10.2 Å². The topological polar surface area (TPSA) is 52.7 Å². The number of hydrogen-bond donors (Lipinski definition) is 1. The third kappa shape index (κ3) is 4.10.